The number of carboxylic acids is 1. The molecule has 0 fully saturated rings. The second kappa shape index (κ2) is 6.54. The van der Waals surface area contributed by atoms with E-state index < -0.39 is 12.1 Å². The van der Waals surface area contributed by atoms with Crippen molar-refractivity contribution >= 4 is 5.97 Å². The average molecular weight is 267 g/mol. The van der Waals surface area contributed by atoms with E-state index in [0.717, 1.165) is 22.4 Å². The molecule has 0 aliphatic carbocycles. The molecule has 1 unspecified atom stereocenters. The lowest BCUT2D eigenvalue weighted by atomic mass is 9.97. The summed E-state index contributed by atoms with van der Waals surface area (Å²) in [6, 6.07) is 3.73. The zero-order valence-corrected chi connectivity index (χ0v) is 11.8. The SMILES string of the molecule is COc1cc(C)c(C(O)CN(C)CC(=O)O)c(C)c1. The van der Waals surface area contributed by atoms with E-state index in [1.54, 1.807) is 19.1 Å². The predicted octanol–water partition coefficient (Wildman–Crippen LogP) is 1.36. The van der Waals surface area contributed by atoms with Crippen molar-refractivity contribution in [3.63, 3.8) is 0 Å². The van der Waals surface area contributed by atoms with Crippen molar-refractivity contribution in [3.05, 3.63) is 28.8 Å². The molecule has 0 bridgehead atoms. The minimum atomic E-state index is -0.905. The fourth-order valence-corrected chi connectivity index (χ4v) is 2.26. The van der Waals surface area contributed by atoms with Crippen molar-refractivity contribution in [3.8, 4) is 5.75 Å². The molecule has 5 heteroatoms. The van der Waals surface area contributed by atoms with Crippen LogP contribution in [0.15, 0.2) is 12.1 Å². The van der Waals surface area contributed by atoms with E-state index in [1.165, 1.54) is 0 Å². The number of rotatable bonds is 6. The van der Waals surface area contributed by atoms with Crippen LogP contribution in [0.1, 0.15) is 22.8 Å². The Balaban J connectivity index is 2.87. The van der Waals surface area contributed by atoms with Crippen molar-refractivity contribution in [2.45, 2.75) is 20.0 Å². The summed E-state index contributed by atoms with van der Waals surface area (Å²) in [5.74, 6) is -0.150. The van der Waals surface area contributed by atoms with Crippen molar-refractivity contribution in [1.29, 1.82) is 0 Å². The first kappa shape index (κ1) is 15.5. The molecule has 0 spiro atoms. The lowest BCUT2D eigenvalue weighted by Crippen LogP contribution is -2.30. The Labute approximate surface area is 113 Å². The third-order valence-corrected chi connectivity index (χ3v) is 3.03. The predicted molar refractivity (Wildman–Crippen MR) is 72.6 cm³/mol. The van der Waals surface area contributed by atoms with Gasteiger partial charge in [-0.15, -0.1) is 0 Å². The molecule has 0 heterocycles. The molecule has 106 valence electrons. The Kier molecular flexibility index (Phi) is 5.32. The number of aliphatic hydroxyl groups excluding tert-OH is 1. The first-order valence-corrected chi connectivity index (χ1v) is 6.08. The molecular weight excluding hydrogens is 246 g/mol. The van der Waals surface area contributed by atoms with Gasteiger partial charge in [0.25, 0.3) is 0 Å². The molecule has 1 rings (SSSR count). The van der Waals surface area contributed by atoms with E-state index >= 15 is 0 Å². The molecule has 1 atom stereocenters. The maximum Gasteiger partial charge on any atom is 0.317 e. The highest BCUT2D eigenvalue weighted by Gasteiger charge is 2.17. The molecule has 0 aliphatic rings. The molecule has 0 aliphatic heterocycles. The number of carboxylic acid groups (broad SMARTS) is 1. The first-order valence-electron chi connectivity index (χ1n) is 6.08. The summed E-state index contributed by atoms with van der Waals surface area (Å²) in [4.78, 5) is 12.2. The van der Waals surface area contributed by atoms with E-state index in [4.69, 9.17) is 9.84 Å². The number of aliphatic hydroxyl groups is 1. The second-order valence-electron chi connectivity index (χ2n) is 4.78. The van der Waals surface area contributed by atoms with Crippen molar-refractivity contribution < 1.29 is 19.7 Å². The highest BCUT2D eigenvalue weighted by Crippen LogP contribution is 2.27. The van der Waals surface area contributed by atoms with Gasteiger partial charge in [0, 0.05) is 6.54 Å². The Morgan fingerprint density at radius 3 is 2.32 bits per heavy atom. The molecule has 5 nitrogen and oxygen atoms in total. The number of hydrogen-bond donors (Lipinski definition) is 2. The maximum atomic E-state index is 10.6. The van der Waals surface area contributed by atoms with Crippen LogP contribution in [0.2, 0.25) is 0 Å². The van der Waals surface area contributed by atoms with Crippen molar-refractivity contribution in [1.82, 2.24) is 4.90 Å². The van der Waals surface area contributed by atoms with Crippen molar-refractivity contribution in [2.24, 2.45) is 0 Å². The Bertz CT molecular complexity index is 436. The number of ether oxygens (including phenoxy) is 1. The van der Waals surface area contributed by atoms with Gasteiger partial charge in [0.05, 0.1) is 19.8 Å². The van der Waals surface area contributed by atoms with E-state index in [-0.39, 0.29) is 13.1 Å². The maximum absolute atomic E-state index is 10.6. The van der Waals surface area contributed by atoms with Crippen LogP contribution in [-0.2, 0) is 4.79 Å². The zero-order chi connectivity index (χ0) is 14.6. The molecule has 2 N–H and O–H groups in total. The Morgan fingerprint density at radius 2 is 1.89 bits per heavy atom. The van der Waals surface area contributed by atoms with Crippen LogP contribution >= 0.6 is 0 Å². The molecule has 1 aromatic rings. The number of methoxy groups -OCH3 is 1. The molecule has 19 heavy (non-hydrogen) atoms. The third-order valence-electron chi connectivity index (χ3n) is 3.03. The van der Waals surface area contributed by atoms with Crippen LogP contribution in [0.3, 0.4) is 0 Å². The molecule has 1 aromatic carbocycles. The van der Waals surface area contributed by atoms with E-state index in [9.17, 15) is 9.90 Å². The van der Waals surface area contributed by atoms with Gasteiger partial charge in [-0.05, 0) is 49.7 Å². The second-order valence-corrected chi connectivity index (χ2v) is 4.78. The minimum Gasteiger partial charge on any atom is -0.497 e. The number of carbonyl (C=O) groups is 1. The molecule has 0 aromatic heterocycles. The largest absolute Gasteiger partial charge is 0.497 e. The van der Waals surface area contributed by atoms with E-state index in [0.29, 0.717) is 0 Å². The Hall–Kier alpha value is -1.59. The fourth-order valence-electron chi connectivity index (χ4n) is 2.26. The number of aliphatic carboxylic acids is 1. The summed E-state index contributed by atoms with van der Waals surface area (Å²) in [5, 5.41) is 19.0. The van der Waals surface area contributed by atoms with Crippen LogP contribution in [0, 0.1) is 13.8 Å². The number of aryl methyl sites for hydroxylation is 2. The Morgan fingerprint density at radius 1 is 1.37 bits per heavy atom. The monoisotopic (exact) mass is 267 g/mol. The topological polar surface area (TPSA) is 70.0 Å². The summed E-state index contributed by atoms with van der Waals surface area (Å²) in [7, 11) is 3.27. The number of likely N-dealkylation sites (N-methyl/N-ethyl adjacent to an activating group) is 1. The molecule has 0 saturated carbocycles. The van der Waals surface area contributed by atoms with Crippen molar-refractivity contribution in [2.75, 3.05) is 27.2 Å². The van der Waals surface area contributed by atoms with Gasteiger partial charge in [-0.25, -0.2) is 0 Å². The van der Waals surface area contributed by atoms with Gasteiger partial charge < -0.3 is 14.9 Å². The molecule has 0 amide bonds. The summed E-state index contributed by atoms with van der Waals surface area (Å²) >= 11 is 0. The van der Waals surface area contributed by atoms with Gasteiger partial charge in [0.1, 0.15) is 5.75 Å². The van der Waals surface area contributed by atoms with E-state index in [2.05, 4.69) is 0 Å². The van der Waals surface area contributed by atoms with Gasteiger partial charge in [-0.2, -0.15) is 0 Å². The summed E-state index contributed by atoms with van der Waals surface area (Å²) < 4.78 is 5.17. The normalized spacial score (nSPS) is 12.5. The van der Waals surface area contributed by atoms with Crippen LogP contribution in [0.25, 0.3) is 0 Å². The quantitative estimate of drug-likeness (QED) is 0.814. The van der Waals surface area contributed by atoms with Gasteiger partial charge >= 0.3 is 5.97 Å². The summed E-state index contributed by atoms with van der Waals surface area (Å²) in [6.45, 7) is 4.00. The minimum absolute atomic E-state index is 0.0920. The van der Waals surface area contributed by atoms with Crippen LogP contribution in [0.4, 0.5) is 0 Å². The first-order chi connectivity index (χ1) is 8.85. The lowest BCUT2D eigenvalue weighted by Gasteiger charge is -2.22. The van der Waals surface area contributed by atoms with Crippen LogP contribution < -0.4 is 4.74 Å². The molecule has 0 radical (unpaired) electrons. The summed E-state index contributed by atoms with van der Waals surface area (Å²) in [6.07, 6.45) is -0.713. The van der Waals surface area contributed by atoms with Crippen LogP contribution in [0.5, 0.6) is 5.75 Å². The highest BCUT2D eigenvalue weighted by atomic mass is 16.5. The standard InChI is InChI=1S/C14H21NO4/c1-9-5-11(19-4)6-10(2)14(9)12(16)7-15(3)8-13(17)18/h5-6,12,16H,7-8H2,1-4H3,(H,17,18). The van der Waals surface area contributed by atoms with Gasteiger partial charge in [0.15, 0.2) is 0 Å². The molecule has 0 saturated heterocycles. The van der Waals surface area contributed by atoms with Gasteiger partial charge in [-0.3, -0.25) is 9.69 Å². The lowest BCUT2D eigenvalue weighted by molar-refractivity contribution is -0.138. The fraction of sp³-hybridized carbons (Fsp3) is 0.500. The zero-order valence-electron chi connectivity index (χ0n) is 11.8. The highest BCUT2D eigenvalue weighted by molar-refractivity contribution is 5.69. The average Bonchev–Trinajstić information content (AvgIpc) is 2.26. The van der Waals surface area contributed by atoms with E-state index in [1.807, 2.05) is 26.0 Å². The van der Waals surface area contributed by atoms with Gasteiger partial charge in [0.2, 0.25) is 0 Å². The number of benzene rings is 1. The molecular formula is C14H21NO4. The van der Waals surface area contributed by atoms with Crippen LogP contribution in [-0.4, -0.2) is 48.3 Å². The number of nitrogens with zero attached hydrogens (tertiary/aromatic N) is 1. The summed E-state index contributed by atoms with van der Waals surface area (Å²) in [5.41, 5.74) is 2.71. The van der Waals surface area contributed by atoms with Gasteiger partial charge in [-0.1, -0.05) is 0 Å². The smallest absolute Gasteiger partial charge is 0.317 e. The third kappa shape index (κ3) is 4.22. The number of hydrogen-bond acceptors (Lipinski definition) is 4.